The lowest BCUT2D eigenvalue weighted by molar-refractivity contribution is 0.353. The summed E-state index contributed by atoms with van der Waals surface area (Å²) in [4.78, 5) is 19.8. The highest BCUT2D eigenvalue weighted by Crippen LogP contribution is 2.31. The van der Waals surface area contributed by atoms with Crippen molar-refractivity contribution in [2.24, 2.45) is 0 Å². The van der Waals surface area contributed by atoms with Crippen LogP contribution in [0.4, 0.5) is 5.69 Å². The van der Waals surface area contributed by atoms with Gasteiger partial charge in [0.05, 0.1) is 25.6 Å². The molecule has 3 aromatic rings. The Labute approximate surface area is 169 Å². The minimum atomic E-state index is -0.115. The molecule has 0 unspecified atom stereocenters. The highest BCUT2D eigenvalue weighted by molar-refractivity contribution is 5.66. The van der Waals surface area contributed by atoms with Gasteiger partial charge in [0.25, 0.3) is 5.56 Å². The van der Waals surface area contributed by atoms with Crippen LogP contribution in [0, 0.1) is 0 Å². The maximum atomic E-state index is 12.8. The van der Waals surface area contributed by atoms with E-state index in [9.17, 15) is 4.79 Å². The van der Waals surface area contributed by atoms with Gasteiger partial charge in [0.1, 0.15) is 5.65 Å². The molecule has 4 rings (SSSR count). The van der Waals surface area contributed by atoms with Gasteiger partial charge in [0.2, 0.25) is 0 Å². The second kappa shape index (κ2) is 7.40. The van der Waals surface area contributed by atoms with Crippen molar-refractivity contribution in [1.82, 2.24) is 14.7 Å². The van der Waals surface area contributed by atoms with E-state index in [-0.39, 0.29) is 11.1 Å². The fourth-order valence-electron chi connectivity index (χ4n) is 3.78. The average molecular weight is 394 g/mol. The van der Waals surface area contributed by atoms with Gasteiger partial charge >= 0.3 is 0 Å². The molecule has 152 valence electrons. The lowest BCUT2D eigenvalue weighted by atomic mass is 10.0. The smallest absolute Gasteiger partial charge is 0.258 e. The maximum absolute atomic E-state index is 12.8. The van der Waals surface area contributed by atoms with Crippen molar-refractivity contribution >= 4 is 11.3 Å². The van der Waals surface area contributed by atoms with Crippen LogP contribution < -0.4 is 25.2 Å². The zero-order valence-corrected chi connectivity index (χ0v) is 17.2. The Bertz CT molecular complexity index is 1110. The minimum absolute atomic E-state index is 0.0354. The van der Waals surface area contributed by atoms with E-state index < -0.39 is 0 Å². The van der Waals surface area contributed by atoms with Gasteiger partial charge in [-0.05, 0) is 44.2 Å². The molecule has 1 saturated heterocycles. The summed E-state index contributed by atoms with van der Waals surface area (Å²) < 4.78 is 12.3. The third-order valence-electron chi connectivity index (χ3n) is 5.26. The number of nitrogens with one attached hydrogen (secondary N) is 1. The summed E-state index contributed by atoms with van der Waals surface area (Å²) in [6.07, 6.45) is 1.88. The van der Waals surface area contributed by atoms with Crippen LogP contribution in [0.1, 0.15) is 13.8 Å². The quantitative estimate of drug-likeness (QED) is 0.734. The summed E-state index contributed by atoms with van der Waals surface area (Å²) in [7, 11) is 3.18. The monoisotopic (exact) mass is 394 g/mol. The van der Waals surface area contributed by atoms with E-state index in [0.717, 1.165) is 30.9 Å². The molecule has 1 aliphatic heterocycles. The van der Waals surface area contributed by atoms with Crippen LogP contribution >= 0.6 is 0 Å². The Morgan fingerprint density at radius 2 is 1.86 bits per heavy atom. The van der Waals surface area contributed by atoms with Crippen LogP contribution in [0.3, 0.4) is 0 Å². The zero-order chi connectivity index (χ0) is 20.6. The highest BCUT2D eigenvalue weighted by atomic mass is 16.5. The molecule has 0 saturated carbocycles. The van der Waals surface area contributed by atoms with E-state index in [2.05, 4.69) is 29.0 Å². The van der Waals surface area contributed by atoms with Gasteiger partial charge in [-0.2, -0.15) is 0 Å². The molecular formula is C22H26N4O3. The van der Waals surface area contributed by atoms with Crippen LogP contribution in [0.5, 0.6) is 11.5 Å². The lowest BCUT2D eigenvalue weighted by Crippen LogP contribution is -2.57. The summed E-state index contributed by atoms with van der Waals surface area (Å²) >= 11 is 0. The molecule has 1 aromatic carbocycles. The molecule has 0 radical (unpaired) electrons. The van der Waals surface area contributed by atoms with E-state index in [0.29, 0.717) is 22.8 Å². The van der Waals surface area contributed by atoms with Gasteiger partial charge < -0.3 is 19.7 Å². The van der Waals surface area contributed by atoms with Crippen LogP contribution in [-0.2, 0) is 0 Å². The number of pyridine rings is 1. The van der Waals surface area contributed by atoms with Gasteiger partial charge in [-0.15, -0.1) is 0 Å². The van der Waals surface area contributed by atoms with Crippen molar-refractivity contribution in [3.8, 4) is 22.8 Å². The van der Waals surface area contributed by atoms with E-state index in [1.165, 1.54) is 0 Å². The first-order chi connectivity index (χ1) is 13.9. The second-order valence-corrected chi connectivity index (χ2v) is 7.90. The number of ether oxygens (including phenoxy) is 2. The first kappa shape index (κ1) is 19.3. The summed E-state index contributed by atoms with van der Waals surface area (Å²) in [6.45, 7) is 7.06. The largest absolute Gasteiger partial charge is 0.493 e. The predicted molar refractivity (Wildman–Crippen MR) is 114 cm³/mol. The number of rotatable bonds is 4. The molecule has 29 heavy (non-hydrogen) atoms. The standard InChI is InChI=1S/C22H26N4O3/c1-22(2)14-25(10-9-23-22)16-6-8-20-24-17(12-21(27)26(20)13-16)15-5-7-18(28-3)19(11-15)29-4/h5-8,11-13,23H,9-10,14H2,1-4H3. The van der Waals surface area contributed by atoms with Crippen molar-refractivity contribution in [2.75, 3.05) is 38.8 Å². The van der Waals surface area contributed by atoms with Crippen LogP contribution in [0.15, 0.2) is 47.4 Å². The average Bonchev–Trinajstić information content (AvgIpc) is 2.72. The molecule has 1 fully saturated rings. The summed E-state index contributed by atoms with van der Waals surface area (Å²) in [6, 6.07) is 11.0. The Morgan fingerprint density at radius 1 is 1.07 bits per heavy atom. The summed E-state index contributed by atoms with van der Waals surface area (Å²) in [5.74, 6) is 1.24. The van der Waals surface area contributed by atoms with Crippen molar-refractivity contribution in [1.29, 1.82) is 0 Å². The van der Waals surface area contributed by atoms with Crippen molar-refractivity contribution in [2.45, 2.75) is 19.4 Å². The number of nitrogens with zero attached hydrogens (tertiary/aromatic N) is 3. The molecule has 3 heterocycles. The van der Waals surface area contributed by atoms with Gasteiger partial charge in [-0.1, -0.05) is 0 Å². The molecule has 0 spiro atoms. The predicted octanol–water partition coefficient (Wildman–Crippen LogP) is 2.57. The number of benzene rings is 1. The number of aromatic nitrogens is 2. The number of fused-ring (bicyclic) bond motifs is 1. The molecule has 1 aliphatic rings. The van der Waals surface area contributed by atoms with Crippen molar-refractivity contribution in [3.63, 3.8) is 0 Å². The molecule has 1 N–H and O–H groups in total. The lowest BCUT2D eigenvalue weighted by Gasteiger charge is -2.40. The minimum Gasteiger partial charge on any atom is -0.493 e. The van der Waals surface area contributed by atoms with E-state index in [1.54, 1.807) is 24.7 Å². The van der Waals surface area contributed by atoms with Gasteiger partial charge in [-0.3, -0.25) is 9.20 Å². The summed E-state index contributed by atoms with van der Waals surface area (Å²) in [5.41, 5.74) is 2.96. The fraction of sp³-hybridized carbons (Fsp3) is 0.364. The maximum Gasteiger partial charge on any atom is 0.258 e. The number of hydrogen-bond acceptors (Lipinski definition) is 6. The Kier molecular flexibility index (Phi) is 4.92. The number of methoxy groups -OCH3 is 2. The van der Waals surface area contributed by atoms with Crippen molar-refractivity contribution < 1.29 is 9.47 Å². The Morgan fingerprint density at radius 3 is 2.59 bits per heavy atom. The number of piperazine rings is 1. The van der Waals surface area contributed by atoms with Gasteiger partial charge in [-0.25, -0.2) is 4.98 Å². The molecule has 7 heteroatoms. The highest BCUT2D eigenvalue weighted by Gasteiger charge is 2.26. The number of anilines is 1. The molecular weight excluding hydrogens is 368 g/mol. The van der Waals surface area contributed by atoms with Crippen LogP contribution in [-0.4, -0.2) is 48.8 Å². The molecule has 2 aromatic heterocycles. The third-order valence-corrected chi connectivity index (χ3v) is 5.26. The fourth-order valence-corrected chi connectivity index (χ4v) is 3.78. The molecule has 0 amide bonds. The summed E-state index contributed by atoms with van der Waals surface area (Å²) in [5, 5.41) is 3.51. The van der Waals surface area contributed by atoms with E-state index in [4.69, 9.17) is 9.47 Å². The molecule has 0 bridgehead atoms. The van der Waals surface area contributed by atoms with Gasteiger partial charge in [0, 0.05) is 43.0 Å². The SMILES string of the molecule is COc1ccc(-c2cc(=O)n3cc(N4CCNC(C)(C)C4)ccc3n2)cc1OC. The van der Waals surface area contributed by atoms with Crippen molar-refractivity contribution in [3.05, 3.63) is 52.9 Å². The van der Waals surface area contributed by atoms with E-state index in [1.807, 2.05) is 36.5 Å². The Hall–Kier alpha value is -3.06. The number of hydrogen-bond donors (Lipinski definition) is 1. The first-order valence-corrected chi connectivity index (χ1v) is 9.66. The van der Waals surface area contributed by atoms with Crippen LogP contribution in [0.2, 0.25) is 0 Å². The Balaban J connectivity index is 1.73. The van der Waals surface area contributed by atoms with Crippen LogP contribution in [0.25, 0.3) is 16.9 Å². The zero-order valence-electron chi connectivity index (χ0n) is 17.2. The molecule has 7 nitrogen and oxygen atoms in total. The van der Waals surface area contributed by atoms with E-state index >= 15 is 0 Å². The normalized spacial score (nSPS) is 16.1. The topological polar surface area (TPSA) is 68.1 Å². The van der Waals surface area contributed by atoms with Gasteiger partial charge in [0.15, 0.2) is 11.5 Å². The first-order valence-electron chi connectivity index (χ1n) is 9.66. The third kappa shape index (κ3) is 3.78. The second-order valence-electron chi connectivity index (χ2n) is 7.90. The molecule has 0 atom stereocenters. The molecule has 0 aliphatic carbocycles.